The number of halogens is 1. The van der Waals surface area contributed by atoms with Gasteiger partial charge in [-0.2, -0.15) is 0 Å². The largest absolute Gasteiger partial charge is 0.347 e. The number of carbonyl (C=O) groups is 2. The molecular weight excluding hydrogens is 264 g/mol. The predicted molar refractivity (Wildman–Crippen MR) is 77.3 cm³/mol. The first-order valence-electron chi connectivity index (χ1n) is 6.21. The summed E-state index contributed by atoms with van der Waals surface area (Å²) in [4.78, 5) is 23.1. The van der Waals surface area contributed by atoms with Crippen molar-refractivity contribution in [3.63, 3.8) is 0 Å². The van der Waals surface area contributed by atoms with Crippen LogP contribution in [0.3, 0.4) is 0 Å². The van der Waals surface area contributed by atoms with E-state index in [2.05, 4.69) is 10.6 Å². The van der Waals surface area contributed by atoms with Crippen LogP contribution in [0.15, 0.2) is 18.2 Å². The van der Waals surface area contributed by atoms with Gasteiger partial charge in [0.05, 0.1) is 6.54 Å². The van der Waals surface area contributed by atoms with E-state index in [9.17, 15) is 9.59 Å². The van der Waals surface area contributed by atoms with E-state index in [0.29, 0.717) is 17.1 Å². The standard InChI is InChI=1S/C14H19ClN2O2/c1-9(2)6-13(18)16-8-14(19)17-12-5-4-11(15)7-10(12)3/h4-5,7,9H,6,8H2,1-3H3,(H,16,18)(H,17,19). The maximum atomic E-state index is 11.7. The van der Waals surface area contributed by atoms with Crippen LogP contribution >= 0.6 is 11.6 Å². The molecule has 0 aliphatic carbocycles. The van der Waals surface area contributed by atoms with Gasteiger partial charge in [-0.05, 0) is 36.6 Å². The van der Waals surface area contributed by atoms with Crippen molar-refractivity contribution in [1.29, 1.82) is 0 Å². The van der Waals surface area contributed by atoms with Crippen molar-refractivity contribution in [2.24, 2.45) is 5.92 Å². The van der Waals surface area contributed by atoms with Crippen LogP contribution in [0.1, 0.15) is 25.8 Å². The second-order valence-electron chi connectivity index (χ2n) is 4.88. The summed E-state index contributed by atoms with van der Waals surface area (Å²) in [6.07, 6.45) is 0.424. The highest BCUT2D eigenvalue weighted by molar-refractivity contribution is 6.30. The number of nitrogens with one attached hydrogen (secondary N) is 2. The molecule has 0 aliphatic rings. The molecule has 0 saturated heterocycles. The molecule has 0 aliphatic heterocycles. The molecule has 0 unspecified atom stereocenters. The molecule has 2 N–H and O–H groups in total. The van der Waals surface area contributed by atoms with E-state index in [-0.39, 0.29) is 24.3 Å². The first kappa shape index (κ1) is 15.5. The van der Waals surface area contributed by atoms with Crippen LogP contribution in [0.2, 0.25) is 5.02 Å². The van der Waals surface area contributed by atoms with Gasteiger partial charge >= 0.3 is 0 Å². The van der Waals surface area contributed by atoms with Gasteiger partial charge in [0.15, 0.2) is 0 Å². The Bertz CT molecular complexity index is 473. The molecule has 0 heterocycles. The van der Waals surface area contributed by atoms with Crippen molar-refractivity contribution in [3.8, 4) is 0 Å². The van der Waals surface area contributed by atoms with Gasteiger partial charge in [-0.15, -0.1) is 0 Å². The third-order valence-electron chi connectivity index (χ3n) is 2.50. The maximum Gasteiger partial charge on any atom is 0.243 e. The normalized spacial score (nSPS) is 10.4. The Kier molecular flexibility index (Phi) is 5.83. The number of hydrogen-bond acceptors (Lipinski definition) is 2. The molecule has 0 spiro atoms. The fraction of sp³-hybridized carbons (Fsp3) is 0.429. The Morgan fingerprint density at radius 1 is 1.26 bits per heavy atom. The Hall–Kier alpha value is -1.55. The summed E-state index contributed by atoms with van der Waals surface area (Å²) in [5.41, 5.74) is 1.59. The van der Waals surface area contributed by atoms with E-state index in [1.807, 2.05) is 20.8 Å². The number of benzene rings is 1. The molecule has 0 atom stereocenters. The molecule has 0 bridgehead atoms. The molecule has 0 aromatic heterocycles. The molecular formula is C14H19ClN2O2. The second-order valence-corrected chi connectivity index (χ2v) is 5.32. The third kappa shape index (κ3) is 5.75. The molecule has 0 fully saturated rings. The summed E-state index contributed by atoms with van der Waals surface area (Å²) < 4.78 is 0. The van der Waals surface area contributed by atoms with Gasteiger partial charge in [-0.3, -0.25) is 9.59 Å². The highest BCUT2D eigenvalue weighted by atomic mass is 35.5. The summed E-state index contributed by atoms with van der Waals surface area (Å²) in [5.74, 6) is -0.0814. The zero-order chi connectivity index (χ0) is 14.4. The van der Waals surface area contributed by atoms with E-state index in [0.717, 1.165) is 5.56 Å². The van der Waals surface area contributed by atoms with Crippen molar-refractivity contribution in [1.82, 2.24) is 5.32 Å². The summed E-state index contributed by atoms with van der Waals surface area (Å²) in [6, 6.07) is 5.22. The van der Waals surface area contributed by atoms with Gasteiger partial charge in [0.25, 0.3) is 0 Å². The summed E-state index contributed by atoms with van der Waals surface area (Å²) in [6.45, 7) is 5.75. The van der Waals surface area contributed by atoms with E-state index in [4.69, 9.17) is 11.6 Å². The minimum Gasteiger partial charge on any atom is -0.347 e. The Labute approximate surface area is 118 Å². The minimum absolute atomic E-state index is 0.0202. The first-order chi connectivity index (χ1) is 8.88. The molecule has 4 nitrogen and oxygen atoms in total. The van der Waals surface area contributed by atoms with Gasteiger partial charge in [-0.1, -0.05) is 25.4 Å². The number of hydrogen-bond donors (Lipinski definition) is 2. The number of amides is 2. The molecule has 1 rings (SSSR count). The van der Waals surface area contributed by atoms with Crippen LogP contribution in [0.4, 0.5) is 5.69 Å². The smallest absolute Gasteiger partial charge is 0.243 e. The number of carbonyl (C=O) groups excluding carboxylic acids is 2. The van der Waals surface area contributed by atoms with Gasteiger partial charge < -0.3 is 10.6 Å². The Balaban J connectivity index is 2.45. The molecule has 1 aromatic rings. The van der Waals surface area contributed by atoms with Gasteiger partial charge in [-0.25, -0.2) is 0 Å². The van der Waals surface area contributed by atoms with Crippen molar-refractivity contribution in [2.45, 2.75) is 27.2 Å². The fourth-order valence-corrected chi connectivity index (χ4v) is 1.81. The second kappa shape index (κ2) is 7.14. The lowest BCUT2D eigenvalue weighted by molar-refractivity contribution is -0.124. The lowest BCUT2D eigenvalue weighted by atomic mass is 10.1. The Morgan fingerprint density at radius 3 is 2.53 bits per heavy atom. The van der Waals surface area contributed by atoms with Crippen LogP contribution < -0.4 is 10.6 Å². The van der Waals surface area contributed by atoms with Gasteiger partial charge in [0.1, 0.15) is 0 Å². The maximum absolute atomic E-state index is 11.7. The molecule has 1 aromatic carbocycles. The highest BCUT2D eigenvalue weighted by Gasteiger charge is 2.08. The highest BCUT2D eigenvalue weighted by Crippen LogP contribution is 2.19. The topological polar surface area (TPSA) is 58.2 Å². The number of anilines is 1. The summed E-state index contributed by atoms with van der Waals surface area (Å²) >= 11 is 5.83. The lowest BCUT2D eigenvalue weighted by Crippen LogP contribution is -2.33. The van der Waals surface area contributed by atoms with Crippen LogP contribution in [0.5, 0.6) is 0 Å². The molecule has 0 radical (unpaired) electrons. The van der Waals surface area contributed by atoms with Crippen molar-refractivity contribution in [2.75, 3.05) is 11.9 Å². The first-order valence-corrected chi connectivity index (χ1v) is 6.59. The molecule has 2 amide bonds. The van der Waals surface area contributed by atoms with E-state index < -0.39 is 0 Å². The van der Waals surface area contributed by atoms with E-state index in [1.165, 1.54) is 0 Å². The zero-order valence-corrected chi connectivity index (χ0v) is 12.2. The van der Waals surface area contributed by atoms with Crippen LogP contribution in [-0.4, -0.2) is 18.4 Å². The summed E-state index contributed by atoms with van der Waals surface area (Å²) in [7, 11) is 0. The third-order valence-corrected chi connectivity index (χ3v) is 2.74. The average Bonchev–Trinajstić information content (AvgIpc) is 2.29. The average molecular weight is 283 g/mol. The number of aryl methyl sites for hydroxylation is 1. The molecule has 5 heteroatoms. The van der Waals surface area contributed by atoms with Gasteiger partial charge in [0.2, 0.25) is 11.8 Å². The van der Waals surface area contributed by atoms with Crippen molar-refractivity contribution in [3.05, 3.63) is 28.8 Å². The van der Waals surface area contributed by atoms with E-state index >= 15 is 0 Å². The molecule has 104 valence electrons. The monoisotopic (exact) mass is 282 g/mol. The summed E-state index contributed by atoms with van der Waals surface area (Å²) in [5, 5.41) is 5.95. The molecule has 0 saturated carbocycles. The molecule has 19 heavy (non-hydrogen) atoms. The van der Waals surface area contributed by atoms with E-state index in [1.54, 1.807) is 18.2 Å². The quantitative estimate of drug-likeness (QED) is 0.872. The van der Waals surface area contributed by atoms with Crippen molar-refractivity contribution < 1.29 is 9.59 Å². The van der Waals surface area contributed by atoms with Crippen molar-refractivity contribution >= 4 is 29.1 Å². The van der Waals surface area contributed by atoms with Gasteiger partial charge in [0, 0.05) is 17.1 Å². The number of rotatable bonds is 5. The lowest BCUT2D eigenvalue weighted by Gasteiger charge is -2.10. The van der Waals surface area contributed by atoms with Crippen LogP contribution in [0, 0.1) is 12.8 Å². The fourth-order valence-electron chi connectivity index (χ4n) is 1.58. The predicted octanol–water partition coefficient (Wildman–Crippen LogP) is 2.75. The Morgan fingerprint density at radius 2 is 1.95 bits per heavy atom. The minimum atomic E-state index is -0.248. The van der Waals surface area contributed by atoms with Crippen LogP contribution in [0.25, 0.3) is 0 Å². The van der Waals surface area contributed by atoms with Crippen LogP contribution in [-0.2, 0) is 9.59 Å². The zero-order valence-electron chi connectivity index (χ0n) is 11.4. The SMILES string of the molecule is Cc1cc(Cl)ccc1NC(=O)CNC(=O)CC(C)C.